The quantitative estimate of drug-likeness (QED) is 0.218. The summed E-state index contributed by atoms with van der Waals surface area (Å²) in [6.45, 7) is 1.95. The summed E-state index contributed by atoms with van der Waals surface area (Å²) in [5, 5.41) is 3.03. The van der Waals surface area contributed by atoms with Gasteiger partial charge in [0.15, 0.2) is 5.78 Å². The molecule has 212 valence electrons. The van der Waals surface area contributed by atoms with Crippen LogP contribution < -0.4 is 10.1 Å². The van der Waals surface area contributed by atoms with E-state index in [1.165, 1.54) is 0 Å². The van der Waals surface area contributed by atoms with Crippen molar-refractivity contribution >= 4 is 23.5 Å². The zero-order valence-corrected chi connectivity index (χ0v) is 24.4. The molecule has 1 unspecified atom stereocenters. The molecule has 1 atom stereocenters. The van der Waals surface area contributed by atoms with Crippen LogP contribution in [0.1, 0.15) is 56.4 Å². The van der Waals surface area contributed by atoms with Crippen molar-refractivity contribution in [2.24, 2.45) is 0 Å². The van der Waals surface area contributed by atoms with E-state index in [9.17, 15) is 9.59 Å². The van der Waals surface area contributed by atoms with Crippen molar-refractivity contribution in [2.45, 2.75) is 42.6 Å². The molecule has 4 aromatic rings. The van der Waals surface area contributed by atoms with Crippen LogP contribution in [0.2, 0.25) is 0 Å². The Morgan fingerprint density at radius 2 is 1.88 bits per heavy atom. The number of nitrogens with one attached hydrogen (secondary N) is 1. The summed E-state index contributed by atoms with van der Waals surface area (Å²) in [5.41, 5.74) is 4.60. The van der Waals surface area contributed by atoms with Gasteiger partial charge in [0.1, 0.15) is 11.9 Å². The van der Waals surface area contributed by atoms with Crippen molar-refractivity contribution in [3.63, 3.8) is 0 Å². The lowest BCUT2D eigenvalue weighted by atomic mass is 9.87. The van der Waals surface area contributed by atoms with Gasteiger partial charge in [-0.15, -0.1) is 11.8 Å². The number of aromatic nitrogens is 2. The first-order chi connectivity index (χ1) is 20.0. The Kier molecular flexibility index (Phi) is 9.54. The lowest BCUT2D eigenvalue weighted by molar-refractivity contribution is 0.0945. The van der Waals surface area contributed by atoms with Crippen LogP contribution in [-0.4, -0.2) is 53.3 Å². The van der Waals surface area contributed by atoms with Crippen molar-refractivity contribution in [1.82, 2.24) is 19.8 Å². The van der Waals surface area contributed by atoms with Gasteiger partial charge in [-0.1, -0.05) is 42.5 Å². The van der Waals surface area contributed by atoms with Gasteiger partial charge in [0.05, 0.1) is 18.4 Å². The maximum absolute atomic E-state index is 13.0. The molecule has 0 aliphatic heterocycles. The van der Waals surface area contributed by atoms with Crippen LogP contribution in [0.15, 0.2) is 90.3 Å². The highest BCUT2D eigenvalue weighted by atomic mass is 32.2. The second-order valence-electron chi connectivity index (χ2n) is 10.5. The average molecular weight is 569 g/mol. The van der Waals surface area contributed by atoms with Crippen molar-refractivity contribution in [2.75, 3.05) is 27.2 Å². The van der Waals surface area contributed by atoms with Gasteiger partial charge in [-0.25, -0.2) is 4.98 Å². The number of Topliss-reactive ketones (excluding diaryl/α,β-unsaturated/α-hetero) is 1. The first-order valence-corrected chi connectivity index (χ1v) is 15.0. The van der Waals surface area contributed by atoms with Gasteiger partial charge in [0.2, 0.25) is 0 Å². The number of likely N-dealkylation sites (N-methyl/N-ethyl adjacent to an activating group) is 1. The summed E-state index contributed by atoms with van der Waals surface area (Å²) in [4.78, 5) is 33.0. The van der Waals surface area contributed by atoms with E-state index in [0.29, 0.717) is 30.8 Å². The summed E-state index contributed by atoms with van der Waals surface area (Å²) >= 11 is 1.61. The van der Waals surface area contributed by atoms with Crippen molar-refractivity contribution < 1.29 is 14.3 Å². The third kappa shape index (κ3) is 7.26. The number of fused-ring (bicyclic) bond motifs is 1. The maximum Gasteiger partial charge on any atom is 0.252 e. The Labute approximate surface area is 245 Å². The molecule has 41 heavy (non-hydrogen) atoms. The fraction of sp³-hybridized carbons (Fsp3) is 0.303. The van der Waals surface area contributed by atoms with E-state index in [0.717, 1.165) is 52.3 Å². The van der Waals surface area contributed by atoms with Gasteiger partial charge >= 0.3 is 0 Å². The number of thioether (sulfide) groups is 1. The molecule has 8 heteroatoms. The van der Waals surface area contributed by atoms with Gasteiger partial charge < -0.3 is 19.5 Å². The highest BCUT2D eigenvalue weighted by molar-refractivity contribution is 7.98. The standard InChI is InChI=1S/C33H36N4O3S/c1-36(2)19-18-35-33(39)27-11-6-7-14-32(27)41-22-28-25-12-8-13-29(38)26(25)15-16-30(28)40-31(21-37-20-17-34-23-37)24-9-4-3-5-10-24/h3-7,9-11,14-17,20,23,31H,8,12-13,18-19,21-22H2,1-2H3,(H,35,39). The number of amides is 1. The molecule has 0 radical (unpaired) electrons. The minimum absolute atomic E-state index is 0.0823. The molecule has 1 amide bonds. The molecular weight excluding hydrogens is 532 g/mol. The van der Waals surface area contributed by atoms with Crippen LogP contribution >= 0.6 is 11.8 Å². The fourth-order valence-electron chi connectivity index (χ4n) is 5.08. The van der Waals surface area contributed by atoms with Crippen molar-refractivity contribution in [1.29, 1.82) is 0 Å². The average Bonchev–Trinajstić information content (AvgIpc) is 3.50. The predicted octanol–water partition coefficient (Wildman–Crippen LogP) is 5.81. The number of hydrogen-bond donors (Lipinski definition) is 1. The third-order valence-electron chi connectivity index (χ3n) is 7.24. The van der Waals surface area contributed by atoms with E-state index >= 15 is 0 Å². The van der Waals surface area contributed by atoms with Crippen LogP contribution in [0.25, 0.3) is 0 Å². The molecule has 7 nitrogen and oxygen atoms in total. The first-order valence-electron chi connectivity index (χ1n) is 14.0. The van der Waals surface area contributed by atoms with Gasteiger partial charge in [-0.3, -0.25) is 9.59 Å². The minimum Gasteiger partial charge on any atom is -0.484 e. The molecule has 1 N–H and O–H groups in total. The Morgan fingerprint density at radius 1 is 1.07 bits per heavy atom. The molecule has 1 aliphatic rings. The minimum atomic E-state index is -0.249. The van der Waals surface area contributed by atoms with Crippen molar-refractivity contribution in [3.8, 4) is 5.75 Å². The van der Waals surface area contributed by atoms with E-state index in [4.69, 9.17) is 4.74 Å². The second kappa shape index (κ2) is 13.7. The summed E-state index contributed by atoms with van der Waals surface area (Å²) in [6, 6.07) is 21.7. The Morgan fingerprint density at radius 3 is 2.66 bits per heavy atom. The molecule has 0 spiro atoms. The number of carbonyl (C=O) groups excluding carboxylic acids is 2. The SMILES string of the molecule is CN(C)CCNC(=O)c1ccccc1SCc1c(OC(Cn2ccnc2)c2ccccc2)ccc2c1CCCC2=O. The molecule has 1 aromatic heterocycles. The van der Waals surface area contributed by atoms with Crippen LogP contribution in [0.5, 0.6) is 5.75 Å². The third-order valence-corrected chi connectivity index (χ3v) is 8.34. The number of benzene rings is 3. The number of carbonyl (C=O) groups is 2. The fourth-order valence-corrected chi connectivity index (χ4v) is 6.19. The highest BCUT2D eigenvalue weighted by Gasteiger charge is 2.25. The normalized spacial score (nSPS) is 13.6. The van der Waals surface area contributed by atoms with Crippen LogP contribution in [-0.2, 0) is 18.7 Å². The van der Waals surface area contributed by atoms with Crippen LogP contribution in [0.4, 0.5) is 0 Å². The molecule has 0 saturated heterocycles. The summed E-state index contributed by atoms with van der Waals surface area (Å²) in [5.74, 6) is 1.46. The van der Waals surface area contributed by atoms with E-state index in [2.05, 4.69) is 22.4 Å². The maximum atomic E-state index is 13.0. The largest absolute Gasteiger partial charge is 0.484 e. The number of rotatable bonds is 12. The summed E-state index contributed by atoms with van der Waals surface area (Å²) in [6.07, 6.45) is 7.48. The Hall–Kier alpha value is -3.88. The zero-order valence-electron chi connectivity index (χ0n) is 23.6. The molecular formula is C33H36N4O3S. The van der Waals surface area contributed by atoms with E-state index in [1.807, 2.05) is 84.4 Å². The van der Waals surface area contributed by atoms with E-state index in [1.54, 1.807) is 24.3 Å². The number of imidazole rings is 1. The number of hydrogen-bond acceptors (Lipinski definition) is 6. The molecule has 5 rings (SSSR count). The van der Waals surface area contributed by atoms with Gasteiger partial charge in [-0.2, -0.15) is 0 Å². The predicted molar refractivity (Wildman–Crippen MR) is 163 cm³/mol. The first kappa shape index (κ1) is 28.6. The smallest absolute Gasteiger partial charge is 0.252 e. The lowest BCUT2D eigenvalue weighted by Crippen LogP contribution is -2.31. The number of nitrogens with zero attached hydrogens (tertiary/aromatic N) is 3. The van der Waals surface area contributed by atoms with Crippen LogP contribution in [0.3, 0.4) is 0 Å². The topological polar surface area (TPSA) is 76.5 Å². The van der Waals surface area contributed by atoms with Crippen molar-refractivity contribution in [3.05, 3.63) is 113 Å². The second-order valence-corrected chi connectivity index (χ2v) is 11.5. The van der Waals surface area contributed by atoms with E-state index in [-0.39, 0.29) is 17.8 Å². The van der Waals surface area contributed by atoms with Gasteiger partial charge in [0.25, 0.3) is 5.91 Å². The van der Waals surface area contributed by atoms with Gasteiger partial charge in [0, 0.05) is 53.7 Å². The Bertz CT molecular complexity index is 1470. The van der Waals surface area contributed by atoms with E-state index < -0.39 is 0 Å². The molecule has 3 aromatic carbocycles. The lowest BCUT2D eigenvalue weighted by Gasteiger charge is -2.26. The monoisotopic (exact) mass is 568 g/mol. The number of ketones is 1. The number of ether oxygens (including phenoxy) is 1. The summed E-state index contributed by atoms with van der Waals surface area (Å²) in [7, 11) is 3.97. The molecule has 1 aliphatic carbocycles. The zero-order chi connectivity index (χ0) is 28.6. The van der Waals surface area contributed by atoms with Gasteiger partial charge in [-0.05, 0) is 62.3 Å². The van der Waals surface area contributed by atoms with Crippen LogP contribution in [0, 0.1) is 0 Å². The highest BCUT2D eigenvalue weighted by Crippen LogP contribution is 2.38. The molecule has 0 bridgehead atoms. The molecule has 0 saturated carbocycles. The Balaban J connectivity index is 1.44. The molecule has 0 fully saturated rings. The summed E-state index contributed by atoms with van der Waals surface area (Å²) < 4.78 is 8.80. The molecule has 1 heterocycles.